The molecule has 1 aliphatic rings. The number of para-hydroxylation sites is 1. The zero-order valence-electron chi connectivity index (χ0n) is 15.1. The maximum Gasteiger partial charge on any atom is 0.256 e. The summed E-state index contributed by atoms with van der Waals surface area (Å²) in [6, 6.07) is 23.8. The highest BCUT2D eigenvalue weighted by molar-refractivity contribution is 7.81. The Hall–Kier alpha value is -2.89. The SMILES string of the molecule is CC1C(=O)N(c2ccccc2)C(=S)N1c1ccc(Oc2cccc(Cl)c2)cc1. The van der Waals surface area contributed by atoms with E-state index < -0.39 is 0 Å². The quantitative estimate of drug-likeness (QED) is 0.521. The van der Waals surface area contributed by atoms with Crippen LogP contribution >= 0.6 is 23.8 Å². The number of anilines is 2. The molecule has 1 atom stereocenters. The molecule has 4 nitrogen and oxygen atoms in total. The lowest BCUT2D eigenvalue weighted by molar-refractivity contribution is -0.117. The van der Waals surface area contributed by atoms with Crippen LogP contribution in [0.4, 0.5) is 11.4 Å². The molecule has 3 aromatic rings. The van der Waals surface area contributed by atoms with Crippen molar-refractivity contribution in [3.05, 3.63) is 83.9 Å². The van der Waals surface area contributed by atoms with Crippen molar-refractivity contribution in [1.82, 2.24) is 0 Å². The van der Waals surface area contributed by atoms with Crippen LogP contribution in [0.15, 0.2) is 78.9 Å². The number of ether oxygens (including phenoxy) is 1. The van der Waals surface area contributed by atoms with Gasteiger partial charge in [0.2, 0.25) is 0 Å². The van der Waals surface area contributed by atoms with Gasteiger partial charge in [-0.2, -0.15) is 0 Å². The van der Waals surface area contributed by atoms with Crippen LogP contribution in [0.25, 0.3) is 0 Å². The van der Waals surface area contributed by atoms with Crippen molar-refractivity contribution in [3.63, 3.8) is 0 Å². The second-order valence-corrected chi connectivity index (χ2v) is 7.19. The van der Waals surface area contributed by atoms with Crippen LogP contribution in [0.1, 0.15) is 6.92 Å². The van der Waals surface area contributed by atoms with Crippen LogP contribution < -0.4 is 14.5 Å². The lowest BCUT2D eigenvalue weighted by Gasteiger charge is -2.22. The van der Waals surface area contributed by atoms with Gasteiger partial charge in [-0.15, -0.1) is 0 Å². The minimum atomic E-state index is -0.382. The number of nitrogens with zero attached hydrogens (tertiary/aromatic N) is 2. The monoisotopic (exact) mass is 408 g/mol. The predicted octanol–water partition coefficient (Wildman–Crippen LogP) is 5.66. The number of thiocarbonyl (C=S) groups is 1. The first-order chi connectivity index (χ1) is 13.5. The van der Waals surface area contributed by atoms with Gasteiger partial charge in [-0.25, -0.2) is 0 Å². The first-order valence-electron chi connectivity index (χ1n) is 8.80. The molecular formula is C22H17ClN2O2S. The molecule has 0 radical (unpaired) electrons. The van der Waals surface area contributed by atoms with Gasteiger partial charge in [0.25, 0.3) is 5.91 Å². The number of benzene rings is 3. The van der Waals surface area contributed by atoms with Crippen molar-refractivity contribution in [2.45, 2.75) is 13.0 Å². The first kappa shape index (κ1) is 18.5. The van der Waals surface area contributed by atoms with Crippen LogP contribution in [-0.4, -0.2) is 17.1 Å². The fraction of sp³-hybridized carbons (Fsp3) is 0.0909. The Balaban J connectivity index is 1.57. The zero-order valence-corrected chi connectivity index (χ0v) is 16.7. The fourth-order valence-corrected chi connectivity index (χ4v) is 3.79. The minimum absolute atomic E-state index is 0.0459. The number of carbonyl (C=O) groups is 1. The van der Waals surface area contributed by atoms with E-state index >= 15 is 0 Å². The average molecular weight is 409 g/mol. The molecule has 6 heteroatoms. The Morgan fingerprint density at radius 2 is 1.61 bits per heavy atom. The van der Waals surface area contributed by atoms with Gasteiger partial charge in [-0.05, 0) is 73.7 Å². The lowest BCUT2D eigenvalue weighted by Crippen LogP contribution is -2.33. The highest BCUT2D eigenvalue weighted by Crippen LogP contribution is 2.32. The lowest BCUT2D eigenvalue weighted by atomic mass is 10.2. The van der Waals surface area contributed by atoms with E-state index in [0.717, 1.165) is 11.4 Å². The highest BCUT2D eigenvalue weighted by Gasteiger charge is 2.41. The van der Waals surface area contributed by atoms with Crippen molar-refractivity contribution in [2.75, 3.05) is 9.80 Å². The number of halogens is 1. The molecule has 0 aliphatic carbocycles. The summed E-state index contributed by atoms with van der Waals surface area (Å²) in [5.74, 6) is 1.29. The minimum Gasteiger partial charge on any atom is -0.457 e. The Morgan fingerprint density at radius 1 is 0.893 bits per heavy atom. The van der Waals surface area contributed by atoms with E-state index in [1.54, 1.807) is 17.0 Å². The molecule has 140 valence electrons. The van der Waals surface area contributed by atoms with Gasteiger partial charge in [0, 0.05) is 10.7 Å². The largest absolute Gasteiger partial charge is 0.457 e. The summed E-state index contributed by atoms with van der Waals surface area (Å²) in [5.41, 5.74) is 1.61. The Labute approximate surface area is 173 Å². The van der Waals surface area contributed by atoms with Gasteiger partial charge >= 0.3 is 0 Å². The van der Waals surface area contributed by atoms with E-state index in [-0.39, 0.29) is 11.9 Å². The third-order valence-electron chi connectivity index (χ3n) is 4.52. The van der Waals surface area contributed by atoms with Crippen molar-refractivity contribution < 1.29 is 9.53 Å². The van der Waals surface area contributed by atoms with E-state index in [2.05, 4.69) is 0 Å². The third-order valence-corrected chi connectivity index (χ3v) is 5.14. The molecule has 0 aromatic heterocycles. The van der Waals surface area contributed by atoms with Gasteiger partial charge in [-0.3, -0.25) is 9.69 Å². The van der Waals surface area contributed by atoms with E-state index in [1.165, 1.54) is 0 Å². The molecule has 28 heavy (non-hydrogen) atoms. The smallest absolute Gasteiger partial charge is 0.256 e. The van der Waals surface area contributed by atoms with Crippen LogP contribution in [-0.2, 0) is 4.79 Å². The summed E-state index contributed by atoms with van der Waals surface area (Å²) in [7, 11) is 0. The summed E-state index contributed by atoms with van der Waals surface area (Å²) < 4.78 is 5.83. The molecule has 1 unspecified atom stereocenters. The van der Waals surface area contributed by atoms with E-state index in [9.17, 15) is 4.79 Å². The van der Waals surface area contributed by atoms with Gasteiger partial charge in [0.05, 0.1) is 5.69 Å². The molecular weight excluding hydrogens is 392 g/mol. The standard InChI is InChI=1S/C22H17ClN2O2S/c1-15-21(26)25(17-7-3-2-4-8-17)22(28)24(15)18-10-12-19(13-11-18)27-20-9-5-6-16(23)14-20/h2-15H,1H3. The molecule has 1 heterocycles. The van der Waals surface area contributed by atoms with Gasteiger partial charge in [0.15, 0.2) is 5.11 Å². The normalized spacial score (nSPS) is 16.6. The summed E-state index contributed by atoms with van der Waals surface area (Å²) in [6.45, 7) is 1.86. The molecule has 0 N–H and O–H groups in total. The van der Waals surface area contributed by atoms with Crippen molar-refractivity contribution in [2.24, 2.45) is 0 Å². The second-order valence-electron chi connectivity index (χ2n) is 6.39. The van der Waals surface area contributed by atoms with E-state index in [1.807, 2.05) is 78.6 Å². The van der Waals surface area contributed by atoms with Gasteiger partial charge in [0.1, 0.15) is 17.5 Å². The van der Waals surface area contributed by atoms with E-state index in [4.69, 9.17) is 28.6 Å². The predicted molar refractivity (Wildman–Crippen MR) is 116 cm³/mol. The first-order valence-corrected chi connectivity index (χ1v) is 9.59. The number of carbonyl (C=O) groups excluding carboxylic acids is 1. The average Bonchev–Trinajstić information content (AvgIpc) is 2.92. The third kappa shape index (κ3) is 3.46. The van der Waals surface area contributed by atoms with Crippen LogP contribution in [0.2, 0.25) is 5.02 Å². The maximum absolute atomic E-state index is 12.8. The molecule has 4 rings (SSSR count). The summed E-state index contributed by atoms with van der Waals surface area (Å²) in [6.07, 6.45) is 0. The maximum atomic E-state index is 12.8. The topological polar surface area (TPSA) is 32.8 Å². The highest BCUT2D eigenvalue weighted by atomic mass is 35.5. The Bertz CT molecular complexity index is 1020. The number of rotatable bonds is 4. The second kappa shape index (κ2) is 7.62. The molecule has 0 saturated carbocycles. The molecule has 1 aliphatic heterocycles. The van der Waals surface area contributed by atoms with Crippen LogP contribution in [0, 0.1) is 0 Å². The molecule has 0 bridgehead atoms. The summed E-state index contributed by atoms with van der Waals surface area (Å²) in [5, 5.41) is 1.08. The zero-order chi connectivity index (χ0) is 19.7. The molecule has 1 fully saturated rings. The molecule has 3 aromatic carbocycles. The number of hydrogen-bond donors (Lipinski definition) is 0. The van der Waals surface area contributed by atoms with Crippen molar-refractivity contribution in [3.8, 4) is 11.5 Å². The molecule has 0 spiro atoms. The summed E-state index contributed by atoms with van der Waals surface area (Å²) in [4.78, 5) is 16.2. The molecule has 1 saturated heterocycles. The molecule has 1 amide bonds. The Morgan fingerprint density at radius 3 is 2.29 bits per heavy atom. The Kier molecular flexibility index (Phi) is 5.03. The van der Waals surface area contributed by atoms with Crippen molar-refractivity contribution in [1.29, 1.82) is 0 Å². The van der Waals surface area contributed by atoms with Crippen molar-refractivity contribution >= 4 is 46.2 Å². The number of hydrogen-bond acceptors (Lipinski definition) is 3. The van der Waals surface area contributed by atoms with Gasteiger partial charge < -0.3 is 9.64 Å². The fourth-order valence-electron chi connectivity index (χ4n) is 3.16. The van der Waals surface area contributed by atoms with Gasteiger partial charge in [-0.1, -0.05) is 35.9 Å². The van der Waals surface area contributed by atoms with Crippen LogP contribution in [0.3, 0.4) is 0 Å². The number of amides is 1. The summed E-state index contributed by atoms with van der Waals surface area (Å²) >= 11 is 11.6. The van der Waals surface area contributed by atoms with E-state index in [0.29, 0.717) is 21.6 Å². The van der Waals surface area contributed by atoms with Crippen LogP contribution in [0.5, 0.6) is 11.5 Å².